The number of hydrogen-bond donors (Lipinski definition) is 1. The van der Waals surface area contributed by atoms with Crippen LogP contribution in [0.15, 0.2) is 64.2 Å². The highest BCUT2D eigenvalue weighted by atomic mass is 32.2. The second-order valence-electron chi connectivity index (χ2n) is 7.63. The first kappa shape index (κ1) is 20.7. The molecular formula is C23H18N2O5S2. The molecule has 1 aliphatic carbocycles. The molecule has 2 aromatic carbocycles. The standard InChI is InChI=1S/C23H18N2O5S2/c26-21-14-6-1-2-7-15(14)22(27)20-16(21)8-3-9-17(20)24-23(28)18-10-4-12-25(18)32(29,30)19-11-5-13-31-19/h1-3,5-9,11,13,18H,4,10,12H2,(H,24,28)/t18-/m1/s1. The molecule has 0 bridgehead atoms. The Balaban J connectivity index is 1.47. The zero-order valence-corrected chi connectivity index (χ0v) is 18.4. The third-order valence-corrected chi connectivity index (χ3v) is 9.06. The van der Waals surface area contributed by atoms with Crippen molar-refractivity contribution in [2.45, 2.75) is 23.1 Å². The predicted molar refractivity (Wildman–Crippen MR) is 120 cm³/mol. The van der Waals surface area contributed by atoms with Gasteiger partial charge in [-0.25, -0.2) is 8.42 Å². The monoisotopic (exact) mass is 466 g/mol. The van der Waals surface area contributed by atoms with Gasteiger partial charge in [-0.2, -0.15) is 4.31 Å². The van der Waals surface area contributed by atoms with Crippen molar-refractivity contribution >= 4 is 44.5 Å². The van der Waals surface area contributed by atoms with Crippen molar-refractivity contribution in [1.82, 2.24) is 4.31 Å². The molecule has 1 fully saturated rings. The van der Waals surface area contributed by atoms with Crippen LogP contribution in [0.2, 0.25) is 0 Å². The highest BCUT2D eigenvalue weighted by Gasteiger charge is 2.40. The van der Waals surface area contributed by atoms with Crippen LogP contribution in [0.4, 0.5) is 5.69 Å². The van der Waals surface area contributed by atoms with Crippen molar-refractivity contribution in [3.8, 4) is 0 Å². The molecule has 0 unspecified atom stereocenters. The molecule has 1 aromatic heterocycles. The summed E-state index contributed by atoms with van der Waals surface area (Å²) >= 11 is 1.10. The van der Waals surface area contributed by atoms with Gasteiger partial charge < -0.3 is 5.32 Å². The second kappa shape index (κ2) is 7.77. The number of carbonyl (C=O) groups is 3. The maximum absolute atomic E-state index is 13.2. The fraction of sp³-hybridized carbons (Fsp3) is 0.174. The summed E-state index contributed by atoms with van der Waals surface area (Å²) in [7, 11) is -3.79. The van der Waals surface area contributed by atoms with E-state index in [0.29, 0.717) is 18.4 Å². The van der Waals surface area contributed by atoms with Gasteiger partial charge in [0.2, 0.25) is 5.91 Å². The van der Waals surface area contributed by atoms with Crippen molar-refractivity contribution in [3.63, 3.8) is 0 Å². The summed E-state index contributed by atoms with van der Waals surface area (Å²) in [5.41, 5.74) is 1.18. The Hall–Kier alpha value is -3.14. The third kappa shape index (κ3) is 3.21. The first-order valence-electron chi connectivity index (χ1n) is 10.1. The highest BCUT2D eigenvalue weighted by molar-refractivity contribution is 7.91. The van der Waals surface area contributed by atoms with Gasteiger partial charge in [-0.1, -0.05) is 42.5 Å². The largest absolute Gasteiger partial charge is 0.324 e. The molecule has 2 aliphatic rings. The van der Waals surface area contributed by atoms with Crippen LogP contribution in [0.3, 0.4) is 0 Å². The van der Waals surface area contributed by atoms with Gasteiger partial charge >= 0.3 is 0 Å². The van der Waals surface area contributed by atoms with Crippen LogP contribution in [0.1, 0.15) is 44.7 Å². The topological polar surface area (TPSA) is 101 Å². The number of rotatable bonds is 4. The Morgan fingerprint density at radius 2 is 1.66 bits per heavy atom. The molecule has 1 aliphatic heterocycles. The van der Waals surface area contributed by atoms with E-state index in [4.69, 9.17) is 0 Å². The number of hydrogen-bond acceptors (Lipinski definition) is 6. The lowest BCUT2D eigenvalue weighted by Gasteiger charge is -2.24. The smallest absolute Gasteiger partial charge is 0.253 e. The molecule has 1 saturated heterocycles. The van der Waals surface area contributed by atoms with Gasteiger partial charge in [0.1, 0.15) is 10.3 Å². The molecule has 7 nitrogen and oxygen atoms in total. The van der Waals surface area contributed by atoms with Crippen molar-refractivity contribution in [3.05, 3.63) is 82.2 Å². The van der Waals surface area contributed by atoms with Gasteiger partial charge in [0.25, 0.3) is 10.0 Å². The average Bonchev–Trinajstić information content (AvgIpc) is 3.50. The quantitative estimate of drug-likeness (QED) is 0.497. The van der Waals surface area contributed by atoms with Crippen LogP contribution in [-0.4, -0.2) is 42.8 Å². The van der Waals surface area contributed by atoms with E-state index in [1.54, 1.807) is 53.9 Å². The number of nitrogens with zero attached hydrogens (tertiary/aromatic N) is 1. The molecule has 3 aromatic rings. The van der Waals surface area contributed by atoms with Crippen molar-refractivity contribution in [1.29, 1.82) is 0 Å². The van der Waals surface area contributed by atoms with Gasteiger partial charge in [0, 0.05) is 23.2 Å². The summed E-state index contributed by atoms with van der Waals surface area (Å²) in [6.45, 7) is 0.246. The van der Waals surface area contributed by atoms with Gasteiger partial charge in [-0.15, -0.1) is 11.3 Å². The minimum Gasteiger partial charge on any atom is -0.324 e. The lowest BCUT2D eigenvalue weighted by Crippen LogP contribution is -2.43. The van der Waals surface area contributed by atoms with Crippen LogP contribution < -0.4 is 5.32 Å². The summed E-state index contributed by atoms with van der Waals surface area (Å²) in [5, 5.41) is 4.40. The Bertz CT molecular complexity index is 1360. The van der Waals surface area contributed by atoms with Gasteiger partial charge in [-0.05, 0) is 30.4 Å². The number of amides is 1. The maximum Gasteiger partial charge on any atom is 0.253 e. The summed E-state index contributed by atoms with van der Waals surface area (Å²) in [6, 6.07) is 13.6. The molecule has 0 saturated carbocycles. The van der Waals surface area contributed by atoms with E-state index in [0.717, 1.165) is 11.3 Å². The lowest BCUT2D eigenvalue weighted by atomic mass is 9.83. The summed E-state index contributed by atoms with van der Waals surface area (Å²) in [6.07, 6.45) is 0.932. The van der Waals surface area contributed by atoms with Crippen LogP contribution in [0.5, 0.6) is 0 Å². The van der Waals surface area contributed by atoms with Crippen LogP contribution in [0, 0.1) is 0 Å². The van der Waals surface area contributed by atoms with E-state index in [9.17, 15) is 22.8 Å². The molecule has 1 N–H and O–H groups in total. The normalized spacial score (nSPS) is 18.3. The number of fused-ring (bicyclic) bond motifs is 2. The average molecular weight is 467 g/mol. The van der Waals surface area contributed by atoms with Crippen LogP contribution >= 0.6 is 11.3 Å². The summed E-state index contributed by atoms with van der Waals surface area (Å²) in [5.74, 6) is -1.15. The van der Waals surface area contributed by atoms with Crippen LogP contribution in [-0.2, 0) is 14.8 Å². The molecule has 0 radical (unpaired) electrons. The van der Waals surface area contributed by atoms with Crippen molar-refractivity contribution in [2.24, 2.45) is 0 Å². The zero-order valence-electron chi connectivity index (χ0n) is 16.8. The first-order chi connectivity index (χ1) is 15.4. The van der Waals surface area contributed by atoms with E-state index in [1.807, 2.05) is 0 Å². The number of ketones is 2. The molecule has 2 heterocycles. The lowest BCUT2D eigenvalue weighted by molar-refractivity contribution is -0.119. The molecule has 5 rings (SSSR count). The number of sulfonamides is 1. The maximum atomic E-state index is 13.2. The molecular weight excluding hydrogens is 448 g/mol. The second-order valence-corrected chi connectivity index (χ2v) is 10.7. The van der Waals surface area contributed by atoms with Crippen LogP contribution in [0.25, 0.3) is 0 Å². The molecule has 9 heteroatoms. The Labute approximate surface area is 188 Å². The Morgan fingerprint density at radius 3 is 2.38 bits per heavy atom. The molecule has 1 amide bonds. The predicted octanol–water partition coefficient (Wildman–Crippen LogP) is 3.32. The van der Waals surface area contributed by atoms with Crippen molar-refractivity contribution < 1.29 is 22.8 Å². The summed E-state index contributed by atoms with van der Waals surface area (Å²) in [4.78, 5) is 39.2. The first-order valence-corrected chi connectivity index (χ1v) is 12.4. The van der Waals surface area contributed by atoms with E-state index in [-0.39, 0.29) is 44.7 Å². The number of carbonyl (C=O) groups excluding carboxylic acids is 3. The van der Waals surface area contributed by atoms with Gasteiger partial charge in [0.05, 0.1) is 11.3 Å². The van der Waals surface area contributed by atoms with Gasteiger partial charge in [-0.3, -0.25) is 14.4 Å². The number of benzene rings is 2. The fourth-order valence-electron chi connectivity index (χ4n) is 4.28. The molecule has 0 spiro atoms. The van der Waals surface area contributed by atoms with E-state index >= 15 is 0 Å². The number of thiophene rings is 1. The molecule has 1 atom stereocenters. The Kier molecular flexibility index (Phi) is 5.04. The fourth-order valence-corrected chi connectivity index (χ4v) is 7.06. The number of anilines is 1. The minimum absolute atomic E-state index is 0.134. The van der Waals surface area contributed by atoms with E-state index in [2.05, 4.69) is 5.32 Å². The SMILES string of the molecule is O=C1c2ccccc2C(=O)c2c(NC(=O)[C@H]3CCCN3S(=O)(=O)c3cccs3)cccc21. The number of nitrogens with one attached hydrogen (secondary N) is 1. The molecule has 162 valence electrons. The van der Waals surface area contributed by atoms with Gasteiger partial charge in [0.15, 0.2) is 11.6 Å². The summed E-state index contributed by atoms with van der Waals surface area (Å²) < 4.78 is 27.4. The van der Waals surface area contributed by atoms with Crippen molar-refractivity contribution in [2.75, 3.05) is 11.9 Å². The van der Waals surface area contributed by atoms with E-state index in [1.165, 1.54) is 10.4 Å². The minimum atomic E-state index is -3.79. The van der Waals surface area contributed by atoms with E-state index < -0.39 is 22.0 Å². The third-order valence-electron chi connectivity index (χ3n) is 5.77. The Morgan fingerprint density at radius 1 is 0.938 bits per heavy atom. The highest BCUT2D eigenvalue weighted by Crippen LogP contribution is 2.33. The zero-order chi connectivity index (χ0) is 22.5. The molecule has 32 heavy (non-hydrogen) atoms.